The molecule has 2 aromatic rings. The van der Waals surface area contributed by atoms with Crippen LogP contribution in [0.1, 0.15) is 17.4 Å². The number of anilines is 2. The number of carbonyl (C=O) groups excluding carboxylic acids is 1. The molecule has 0 aliphatic carbocycles. The molecule has 0 radical (unpaired) electrons. The van der Waals surface area contributed by atoms with Crippen LogP contribution in [0.25, 0.3) is 0 Å². The molecule has 144 valence electrons. The van der Waals surface area contributed by atoms with Gasteiger partial charge in [-0.2, -0.15) is 15.0 Å². The highest BCUT2D eigenvalue weighted by molar-refractivity contribution is 5.80. The normalized spacial score (nSPS) is 18.9. The fourth-order valence-corrected chi connectivity index (χ4v) is 2.89. The molecular weight excluding hydrogens is 348 g/mol. The summed E-state index contributed by atoms with van der Waals surface area (Å²) in [5.41, 5.74) is 12.9. The first-order valence-corrected chi connectivity index (χ1v) is 8.55. The number of carbonyl (C=O) groups is 1. The van der Waals surface area contributed by atoms with Crippen molar-refractivity contribution in [2.45, 2.75) is 12.6 Å². The van der Waals surface area contributed by atoms with Gasteiger partial charge in [0.05, 0.1) is 25.6 Å². The third-order valence-electron chi connectivity index (χ3n) is 4.28. The highest BCUT2D eigenvalue weighted by Gasteiger charge is 2.34. The summed E-state index contributed by atoms with van der Waals surface area (Å²) in [4.78, 5) is 26.9. The number of hydrazine groups is 1. The van der Waals surface area contributed by atoms with E-state index in [2.05, 4.69) is 31.1 Å². The summed E-state index contributed by atoms with van der Waals surface area (Å²) < 4.78 is 5.27. The van der Waals surface area contributed by atoms with Gasteiger partial charge < -0.3 is 20.7 Å². The van der Waals surface area contributed by atoms with Crippen LogP contribution in [-0.4, -0.2) is 48.6 Å². The molecule has 2 atom stereocenters. The standard InChI is InChI=1S/C17H24N8O2/c1-25(2)17-22-13(21-16(18)23-17)9-19-15(26)12-8-20-24-14(12)10-5-4-6-11(7-10)27-3/h4-7,12,14,20,24H,8-9H2,1-3H3,(H,19,26)(H2,18,21,22,23). The fourth-order valence-electron chi connectivity index (χ4n) is 2.89. The lowest BCUT2D eigenvalue weighted by molar-refractivity contribution is -0.125. The summed E-state index contributed by atoms with van der Waals surface area (Å²) >= 11 is 0. The number of nitrogens with one attached hydrogen (secondary N) is 3. The molecule has 2 unspecified atom stereocenters. The molecule has 0 saturated carbocycles. The van der Waals surface area contributed by atoms with Gasteiger partial charge in [-0.15, -0.1) is 0 Å². The maximum Gasteiger partial charge on any atom is 0.229 e. The van der Waals surface area contributed by atoms with Crippen molar-refractivity contribution in [3.8, 4) is 5.75 Å². The molecule has 27 heavy (non-hydrogen) atoms. The van der Waals surface area contributed by atoms with E-state index in [1.807, 2.05) is 38.4 Å². The average Bonchev–Trinajstić information content (AvgIpc) is 3.15. The Balaban J connectivity index is 1.68. The number of methoxy groups -OCH3 is 1. The van der Waals surface area contributed by atoms with E-state index in [1.165, 1.54) is 0 Å². The Morgan fingerprint density at radius 1 is 1.37 bits per heavy atom. The molecule has 1 saturated heterocycles. The van der Waals surface area contributed by atoms with Gasteiger partial charge in [0.25, 0.3) is 0 Å². The first-order valence-electron chi connectivity index (χ1n) is 8.55. The predicted molar refractivity (Wildman–Crippen MR) is 101 cm³/mol. The van der Waals surface area contributed by atoms with Crippen LogP contribution in [0.3, 0.4) is 0 Å². The molecule has 1 amide bonds. The van der Waals surface area contributed by atoms with Gasteiger partial charge in [-0.05, 0) is 17.7 Å². The van der Waals surface area contributed by atoms with Crippen molar-refractivity contribution >= 4 is 17.8 Å². The molecule has 0 spiro atoms. The minimum absolute atomic E-state index is 0.106. The molecule has 10 nitrogen and oxygen atoms in total. The Labute approximate surface area is 157 Å². The van der Waals surface area contributed by atoms with Gasteiger partial charge in [0, 0.05) is 20.6 Å². The Morgan fingerprint density at radius 2 is 2.19 bits per heavy atom. The van der Waals surface area contributed by atoms with Crippen LogP contribution < -0.4 is 31.5 Å². The van der Waals surface area contributed by atoms with Crippen LogP contribution in [0.4, 0.5) is 11.9 Å². The van der Waals surface area contributed by atoms with Crippen molar-refractivity contribution < 1.29 is 9.53 Å². The van der Waals surface area contributed by atoms with Crippen molar-refractivity contribution in [2.24, 2.45) is 5.92 Å². The maximum atomic E-state index is 12.7. The maximum absolute atomic E-state index is 12.7. The minimum atomic E-state index is -0.287. The van der Waals surface area contributed by atoms with E-state index >= 15 is 0 Å². The molecule has 2 heterocycles. The number of benzene rings is 1. The third kappa shape index (κ3) is 4.41. The van der Waals surface area contributed by atoms with E-state index < -0.39 is 0 Å². The topological polar surface area (TPSA) is 130 Å². The number of hydrogen-bond donors (Lipinski definition) is 4. The highest BCUT2D eigenvalue weighted by Crippen LogP contribution is 2.27. The first kappa shape index (κ1) is 18.8. The third-order valence-corrected chi connectivity index (χ3v) is 4.28. The van der Waals surface area contributed by atoms with Gasteiger partial charge in [0.15, 0.2) is 5.82 Å². The highest BCUT2D eigenvalue weighted by atomic mass is 16.5. The van der Waals surface area contributed by atoms with Crippen LogP contribution in [-0.2, 0) is 11.3 Å². The number of rotatable bonds is 6. The average molecular weight is 372 g/mol. The Hall–Kier alpha value is -2.98. The lowest BCUT2D eigenvalue weighted by Crippen LogP contribution is -2.35. The van der Waals surface area contributed by atoms with Gasteiger partial charge in [-0.1, -0.05) is 12.1 Å². The SMILES string of the molecule is COc1cccc(C2NNCC2C(=O)NCc2nc(N)nc(N(C)C)n2)c1. The van der Waals surface area contributed by atoms with Crippen molar-refractivity contribution in [3.05, 3.63) is 35.7 Å². The zero-order chi connectivity index (χ0) is 19.4. The van der Waals surface area contributed by atoms with E-state index in [0.717, 1.165) is 11.3 Å². The van der Waals surface area contributed by atoms with Gasteiger partial charge in [-0.3, -0.25) is 10.2 Å². The Bertz CT molecular complexity index is 813. The summed E-state index contributed by atoms with van der Waals surface area (Å²) in [6.45, 7) is 0.684. The van der Waals surface area contributed by atoms with Crippen molar-refractivity contribution in [3.63, 3.8) is 0 Å². The molecule has 1 aliphatic rings. The molecule has 1 fully saturated rings. The Morgan fingerprint density at radius 3 is 2.93 bits per heavy atom. The summed E-state index contributed by atoms with van der Waals surface area (Å²) in [6, 6.07) is 7.49. The first-order chi connectivity index (χ1) is 13.0. The molecule has 0 bridgehead atoms. The van der Waals surface area contributed by atoms with Gasteiger partial charge in [0.1, 0.15) is 5.75 Å². The van der Waals surface area contributed by atoms with Crippen molar-refractivity contribution in [1.29, 1.82) is 0 Å². The lowest BCUT2D eigenvalue weighted by Gasteiger charge is -2.19. The molecule has 1 aromatic carbocycles. The van der Waals surface area contributed by atoms with Crippen LogP contribution in [0.5, 0.6) is 5.75 Å². The molecule has 5 N–H and O–H groups in total. The fraction of sp³-hybridized carbons (Fsp3) is 0.412. The summed E-state index contributed by atoms with van der Waals surface area (Å²) in [5.74, 6) is 1.34. The number of amides is 1. The summed E-state index contributed by atoms with van der Waals surface area (Å²) in [7, 11) is 5.24. The predicted octanol–water partition coefficient (Wildman–Crippen LogP) is -0.390. The zero-order valence-electron chi connectivity index (χ0n) is 15.6. The zero-order valence-corrected chi connectivity index (χ0v) is 15.6. The van der Waals surface area contributed by atoms with Gasteiger partial charge >= 0.3 is 0 Å². The number of nitrogens with zero attached hydrogens (tertiary/aromatic N) is 4. The van der Waals surface area contributed by atoms with Crippen LogP contribution in [0.15, 0.2) is 24.3 Å². The molecular formula is C17H24N8O2. The molecule has 1 aromatic heterocycles. The largest absolute Gasteiger partial charge is 0.497 e. The van der Waals surface area contributed by atoms with E-state index in [1.54, 1.807) is 12.0 Å². The van der Waals surface area contributed by atoms with Crippen molar-refractivity contribution in [1.82, 2.24) is 31.1 Å². The number of nitrogens with two attached hydrogens (primary N) is 1. The van der Waals surface area contributed by atoms with E-state index in [9.17, 15) is 4.79 Å². The Kier molecular flexibility index (Phi) is 5.67. The van der Waals surface area contributed by atoms with Gasteiger partial charge in [-0.25, -0.2) is 5.43 Å². The van der Waals surface area contributed by atoms with Crippen LogP contribution in [0, 0.1) is 5.92 Å². The van der Waals surface area contributed by atoms with Gasteiger partial charge in [0.2, 0.25) is 17.8 Å². The number of aromatic nitrogens is 3. The number of ether oxygens (including phenoxy) is 1. The van der Waals surface area contributed by atoms with Crippen molar-refractivity contribution in [2.75, 3.05) is 38.4 Å². The quantitative estimate of drug-likeness (QED) is 0.535. The number of hydrogen-bond acceptors (Lipinski definition) is 9. The molecule has 10 heteroatoms. The number of nitrogen functional groups attached to an aromatic ring is 1. The van der Waals surface area contributed by atoms with Crippen LogP contribution in [0.2, 0.25) is 0 Å². The summed E-state index contributed by atoms with van der Waals surface area (Å²) in [5, 5.41) is 2.89. The van der Waals surface area contributed by atoms with E-state index in [-0.39, 0.29) is 30.4 Å². The lowest BCUT2D eigenvalue weighted by atomic mass is 9.94. The van der Waals surface area contributed by atoms with E-state index in [4.69, 9.17) is 10.5 Å². The minimum Gasteiger partial charge on any atom is -0.497 e. The second-order valence-electron chi connectivity index (χ2n) is 6.41. The second-order valence-corrected chi connectivity index (χ2v) is 6.41. The molecule has 3 rings (SSSR count). The summed E-state index contributed by atoms with van der Waals surface area (Å²) in [6.07, 6.45) is 0. The monoisotopic (exact) mass is 372 g/mol. The second kappa shape index (κ2) is 8.14. The van der Waals surface area contributed by atoms with Crippen LogP contribution >= 0.6 is 0 Å². The molecule has 1 aliphatic heterocycles. The smallest absolute Gasteiger partial charge is 0.229 e. The van der Waals surface area contributed by atoms with E-state index in [0.29, 0.717) is 18.3 Å².